The Labute approximate surface area is 71.1 Å². The fraction of sp³-hybridized carbons (Fsp3) is 0.571. The summed E-state index contributed by atoms with van der Waals surface area (Å²) < 4.78 is 0. The van der Waals surface area contributed by atoms with E-state index in [2.05, 4.69) is 12.2 Å². The van der Waals surface area contributed by atoms with Crippen LogP contribution in [0, 0.1) is 11.8 Å². The highest BCUT2D eigenvalue weighted by Crippen LogP contribution is 2.48. The van der Waals surface area contributed by atoms with Gasteiger partial charge in [0.25, 0.3) is 0 Å². The maximum absolute atomic E-state index is 10.8. The van der Waals surface area contributed by atoms with Gasteiger partial charge in [-0.05, 0) is 19.3 Å². The number of carbonyl (C=O) groups excluding carboxylic acids is 1. The van der Waals surface area contributed by atoms with Gasteiger partial charge >= 0.3 is 0 Å². The lowest BCUT2D eigenvalue weighted by Gasteiger charge is -2.08. The van der Waals surface area contributed by atoms with Crippen molar-refractivity contribution in [1.29, 1.82) is 0 Å². The summed E-state index contributed by atoms with van der Waals surface area (Å²) in [6, 6.07) is 0. The molecule has 1 rings (SSSR count). The summed E-state index contributed by atoms with van der Waals surface area (Å²) in [6.45, 7) is 0. The number of carbonyl (C=O) groups is 1. The Balaban J connectivity index is 2.36. The lowest BCUT2D eigenvalue weighted by Crippen LogP contribution is -2.26. The van der Waals surface area contributed by atoms with E-state index in [9.17, 15) is 4.79 Å². The van der Waals surface area contributed by atoms with E-state index in [0.717, 1.165) is 12.8 Å². The lowest BCUT2D eigenvalue weighted by atomic mass is 10.00. The van der Waals surface area contributed by atoms with E-state index >= 15 is 0 Å². The molecule has 0 unspecified atom stereocenters. The van der Waals surface area contributed by atoms with Crippen molar-refractivity contribution >= 4 is 23.1 Å². The third-order valence-electron chi connectivity index (χ3n) is 2.07. The van der Waals surface area contributed by atoms with Crippen LogP contribution in [-0.4, -0.2) is 10.9 Å². The minimum Gasteiger partial charge on any atom is -0.393 e. The van der Waals surface area contributed by atoms with Gasteiger partial charge < -0.3 is 11.5 Å². The van der Waals surface area contributed by atoms with E-state index in [0.29, 0.717) is 11.4 Å². The van der Waals surface area contributed by atoms with Crippen molar-refractivity contribution < 1.29 is 4.79 Å². The Morgan fingerprint density at radius 2 is 2.09 bits per heavy atom. The smallest absolute Gasteiger partial charge is 0.223 e. The van der Waals surface area contributed by atoms with Gasteiger partial charge in [0.1, 0.15) is 0 Å². The van der Waals surface area contributed by atoms with Crippen LogP contribution in [0.3, 0.4) is 0 Å². The van der Waals surface area contributed by atoms with Gasteiger partial charge in [0.05, 0.1) is 4.99 Å². The van der Waals surface area contributed by atoms with Gasteiger partial charge in [-0.2, -0.15) is 0 Å². The Morgan fingerprint density at radius 3 is 2.36 bits per heavy atom. The minimum atomic E-state index is -0.302. The maximum atomic E-state index is 10.8. The Kier molecular flexibility index (Phi) is 2.13. The second kappa shape index (κ2) is 2.77. The van der Waals surface area contributed by atoms with Crippen LogP contribution < -0.4 is 11.5 Å². The number of thiocarbonyl (C=S) groups is 1. The Bertz CT molecular complexity index is 199. The molecule has 0 bridgehead atoms. The van der Waals surface area contributed by atoms with E-state index in [4.69, 9.17) is 11.5 Å². The van der Waals surface area contributed by atoms with Crippen molar-refractivity contribution in [2.45, 2.75) is 19.3 Å². The van der Waals surface area contributed by atoms with Crippen LogP contribution >= 0.6 is 12.2 Å². The highest BCUT2D eigenvalue weighted by atomic mass is 32.1. The summed E-state index contributed by atoms with van der Waals surface area (Å²) in [4.78, 5) is 11.2. The van der Waals surface area contributed by atoms with Gasteiger partial charge in [-0.3, -0.25) is 4.79 Å². The molecular formula is C7H11N2OS. The largest absolute Gasteiger partial charge is 0.393 e. The molecule has 0 aromatic carbocycles. The van der Waals surface area contributed by atoms with Crippen LogP contribution in [0.25, 0.3) is 0 Å². The molecule has 1 saturated carbocycles. The lowest BCUT2D eigenvalue weighted by molar-refractivity contribution is -0.123. The Morgan fingerprint density at radius 1 is 1.55 bits per heavy atom. The first-order chi connectivity index (χ1) is 5.07. The summed E-state index contributed by atoms with van der Waals surface area (Å²) in [6.07, 6.45) is 4.05. The summed E-state index contributed by atoms with van der Waals surface area (Å²) in [7, 11) is 0. The second-order valence-corrected chi connectivity index (χ2v) is 3.43. The molecule has 1 amide bonds. The second-order valence-electron chi connectivity index (χ2n) is 2.96. The number of hydrogen-bond donors (Lipinski definition) is 2. The zero-order valence-electron chi connectivity index (χ0n) is 6.17. The van der Waals surface area contributed by atoms with Gasteiger partial charge in [0.15, 0.2) is 0 Å². The van der Waals surface area contributed by atoms with Crippen molar-refractivity contribution in [1.82, 2.24) is 0 Å². The van der Waals surface area contributed by atoms with Gasteiger partial charge in [-0.1, -0.05) is 12.2 Å². The van der Waals surface area contributed by atoms with E-state index in [-0.39, 0.29) is 11.3 Å². The summed E-state index contributed by atoms with van der Waals surface area (Å²) >= 11 is 4.65. The molecule has 0 atom stereocenters. The standard InChI is InChI=1S/C7H11N2OS/c8-5(11)1-2-7(3-4-7)6(9)10/h1H,2-4H2,(H2,8,11)(H2,9,10). The van der Waals surface area contributed by atoms with Gasteiger partial charge in [-0.25, -0.2) is 0 Å². The molecule has 0 aliphatic heterocycles. The minimum absolute atomic E-state index is 0.231. The summed E-state index contributed by atoms with van der Waals surface area (Å²) in [5, 5.41) is 0. The van der Waals surface area contributed by atoms with E-state index in [1.54, 1.807) is 6.42 Å². The van der Waals surface area contributed by atoms with E-state index in [1.807, 2.05) is 0 Å². The monoisotopic (exact) mass is 171 g/mol. The van der Waals surface area contributed by atoms with Crippen LogP contribution in [0.15, 0.2) is 0 Å². The quantitative estimate of drug-likeness (QED) is 0.591. The fourth-order valence-electron chi connectivity index (χ4n) is 0.998. The number of amides is 1. The average Bonchev–Trinajstić information content (AvgIpc) is 2.63. The van der Waals surface area contributed by atoms with E-state index < -0.39 is 0 Å². The molecule has 0 aromatic heterocycles. The Hall–Kier alpha value is -0.640. The molecule has 0 spiro atoms. The molecule has 11 heavy (non-hydrogen) atoms. The van der Waals surface area contributed by atoms with Crippen molar-refractivity contribution in [3.63, 3.8) is 0 Å². The maximum Gasteiger partial charge on any atom is 0.223 e. The number of nitrogens with two attached hydrogens (primary N) is 2. The molecule has 1 fully saturated rings. The first-order valence-electron chi connectivity index (χ1n) is 3.49. The van der Waals surface area contributed by atoms with Crippen molar-refractivity contribution in [2.24, 2.45) is 16.9 Å². The normalized spacial score (nSPS) is 19.3. The highest BCUT2D eigenvalue weighted by molar-refractivity contribution is 7.80. The first kappa shape index (κ1) is 8.46. The molecule has 4 N–H and O–H groups in total. The number of rotatable bonds is 4. The van der Waals surface area contributed by atoms with Crippen LogP contribution in [0.5, 0.6) is 0 Å². The zero-order valence-corrected chi connectivity index (χ0v) is 6.99. The zero-order chi connectivity index (χ0) is 8.48. The molecule has 0 saturated heterocycles. The molecule has 1 radical (unpaired) electrons. The molecular weight excluding hydrogens is 160 g/mol. The van der Waals surface area contributed by atoms with Crippen LogP contribution in [0.1, 0.15) is 19.3 Å². The number of hydrogen-bond acceptors (Lipinski definition) is 2. The van der Waals surface area contributed by atoms with Gasteiger partial charge in [-0.15, -0.1) is 0 Å². The summed E-state index contributed by atoms with van der Waals surface area (Å²) in [5.41, 5.74) is 10.1. The molecule has 1 aliphatic rings. The van der Waals surface area contributed by atoms with Gasteiger partial charge in [0, 0.05) is 11.8 Å². The van der Waals surface area contributed by atoms with Crippen molar-refractivity contribution in [3.05, 3.63) is 6.42 Å². The molecule has 0 heterocycles. The van der Waals surface area contributed by atoms with Crippen molar-refractivity contribution in [3.8, 4) is 0 Å². The van der Waals surface area contributed by atoms with Crippen LogP contribution in [-0.2, 0) is 4.79 Å². The van der Waals surface area contributed by atoms with Crippen molar-refractivity contribution in [2.75, 3.05) is 0 Å². The highest BCUT2D eigenvalue weighted by Gasteiger charge is 2.47. The molecule has 1 aliphatic carbocycles. The third-order valence-corrected chi connectivity index (χ3v) is 2.24. The number of primary amides is 1. The first-order valence-corrected chi connectivity index (χ1v) is 3.90. The molecule has 0 aromatic rings. The van der Waals surface area contributed by atoms with Gasteiger partial charge in [0.2, 0.25) is 5.91 Å². The topological polar surface area (TPSA) is 69.1 Å². The fourth-order valence-corrected chi connectivity index (χ4v) is 1.08. The van der Waals surface area contributed by atoms with Crippen LogP contribution in [0.4, 0.5) is 0 Å². The molecule has 3 nitrogen and oxygen atoms in total. The molecule has 4 heteroatoms. The van der Waals surface area contributed by atoms with Crippen LogP contribution in [0.2, 0.25) is 0 Å². The summed E-state index contributed by atoms with van der Waals surface area (Å²) in [5.74, 6) is -0.231. The molecule has 61 valence electrons. The predicted octanol–water partition coefficient (Wildman–Crippen LogP) is 0.132. The SMILES string of the molecule is NC(=O)C1(C[CH]C(N)=S)CC1. The van der Waals surface area contributed by atoms with E-state index in [1.165, 1.54) is 0 Å². The average molecular weight is 171 g/mol. The third kappa shape index (κ3) is 1.89. The predicted molar refractivity (Wildman–Crippen MR) is 46.6 cm³/mol.